The van der Waals surface area contributed by atoms with Gasteiger partial charge in [-0.3, -0.25) is 19.7 Å². The number of carbonyl (C=O) groups excluding carboxylic acids is 3. The van der Waals surface area contributed by atoms with Gasteiger partial charge in [-0.05, 0) is 6.07 Å². The number of aryl methyl sites for hydroxylation is 1. The Bertz CT molecular complexity index is 490. The van der Waals surface area contributed by atoms with E-state index in [9.17, 15) is 14.4 Å². The third-order valence-electron chi connectivity index (χ3n) is 2.48. The molecule has 0 radical (unpaired) electrons. The zero-order chi connectivity index (χ0) is 12.6. The molecule has 1 aliphatic rings. The molecule has 17 heavy (non-hydrogen) atoms. The number of nitrogen functional groups attached to an aromatic ring is 1. The van der Waals surface area contributed by atoms with E-state index in [0.29, 0.717) is 11.4 Å². The van der Waals surface area contributed by atoms with Gasteiger partial charge in [0.1, 0.15) is 18.8 Å². The monoisotopic (exact) mass is 236 g/mol. The molecule has 1 fully saturated rings. The normalized spacial score (nSPS) is 15.9. The van der Waals surface area contributed by atoms with Crippen LogP contribution < -0.4 is 11.1 Å². The number of nitrogens with zero attached hydrogens (tertiary/aromatic N) is 2. The first kappa shape index (κ1) is 11.2. The van der Waals surface area contributed by atoms with Crippen molar-refractivity contribution in [3.05, 3.63) is 18.0 Å². The van der Waals surface area contributed by atoms with E-state index < -0.39 is 11.8 Å². The van der Waals surface area contributed by atoms with E-state index in [1.54, 1.807) is 17.8 Å². The van der Waals surface area contributed by atoms with Crippen molar-refractivity contribution in [2.75, 3.05) is 18.8 Å². The number of nitrogens with two attached hydrogens (primary N) is 1. The molecule has 1 saturated heterocycles. The molecule has 0 atom stereocenters. The molecule has 0 bridgehead atoms. The van der Waals surface area contributed by atoms with Crippen LogP contribution in [0.5, 0.6) is 0 Å². The van der Waals surface area contributed by atoms with Gasteiger partial charge in [0.25, 0.3) is 5.91 Å². The summed E-state index contributed by atoms with van der Waals surface area (Å²) in [4.78, 5) is 35.5. The van der Waals surface area contributed by atoms with Gasteiger partial charge in [0, 0.05) is 13.2 Å². The average molecular weight is 236 g/mol. The predicted molar refractivity (Wildman–Crippen MR) is 58.9 cm³/mol. The summed E-state index contributed by atoms with van der Waals surface area (Å²) in [5, 5.41) is 2.13. The Morgan fingerprint density at radius 2 is 1.94 bits per heavy atom. The van der Waals surface area contributed by atoms with E-state index >= 15 is 0 Å². The lowest BCUT2D eigenvalue weighted by Crippen LogP contribution is -2.53. The number of amides is 3. The standard InChI is InChI=1S/C10H12N4O3/c1-13-3-6(11)2-7(13)10(17)14-4-8(15)12-9(16)5-14/h2-3H,4-5,11H2,1H3,(H,12,15,16). The van der Waals surface area contributed by atoms with E-state index in [1.807, 2.05) is 0 Å². The number of nitrogens with one attached hydrogen (secondary N) is 1. The fourth-order valence-electron chi connectivity index (χ4n) is 1.75. The molecule has 90 valence electrons. The van der Waals surface area contributed by atoms with Crippen LogP contribution >= 0.6 is 0 Å². The predicted octanol–water partition coefficient (Wildman–Crippen LogP) is -1.29. The summed E-state index contributed by atoms with van der Waals surface area (Å²) in [5.41, 5.74) is 6.38. The van der Waals surface area contributed by atoms with Crippen molar-refractivity contribution in [3.63, 3.8) is 0 Å². The first-order chi connectivity index (χ1) is 7.97. The van der Waals surface area contributed by atoms with Crippen LogP contribution in [0.1, 0.15) is 10.5 Å². The van der Waals surface area contributed by atoms with E-state index in [0.717, 1.165) is 0 Å². The SMILES string of the molecule is Cn1cc(N)cc1C(=O)N1CC(=O)NC(=O)C1. The molecule has 0 aromatic carbocycles. The van der Waals surface area contributed by atoms with Crippen molar-refractivity contribution in [2.45, 2.75) is 0 Å². The van der Waals surface area contributed by atoms with Gasteiger partial charge in [0.15, 0.2) is 0 Å². The molecular weight excluding hydrogens is 224 g/mol. The highest BCUT2D eigenvalue weighted by Gasteiger charge is 2.28. The van der Waals surface area contributed by atoms with Gasteiger partial charge in [-0.15, -0.1) is 0 Å². The Hall–Kier alpha value is -2.31. The van der Waals surface area contributed by atoms with Gasteiger partial charge in [-0.1, -0.05) is 0 Å². The number of rotatable bonds is 1. The molecule has 0 aliphatic carbocycles. The third-order valence-corrected chi connectivity index (χ3v) is 2.48. The minimum Gasteiger partial charge on any atom is -0.397 e. The Morgan fingerprint density at radius 3 is 2.41 bits per heavy atom. The maximum atomic E-state index is 12.0. The van der Waals surface area contributed by atoms with Crippen LogP contribution in [0.4, 0.5) is 5.69 Å². The zero-order valence-electron chi connectivity index (χ0n) is 9.27. The van der Waals surface area contributed by atoms with Crippen molar-refractivity contribution in [1.29, 1.82) is 0 Å². The summed E-state index contributed by atoms with van der Waals surface area (Å²) < 4.78 is 1.56. The molecular formula is C10H12N4O3. The Morgan fingerprint density at radius 1 is 1.35 bits per heavy atom. The molecule has 3 N–H and O–H groups in total. The van der Waals surface area contributed by atoms with Crippen molar-refractivity contribution in [1.82, 2.24) is 14.8 Å². The molecule has 7 nitrogen and oxygen atoms in total. The van der Waals surface area contributed by atoms with Crippen LogP contribution in [0.2, 0.25) is 0 Å². The highest BCUT2D eigenvalue weighted by Crippen LogP contribution is 2.12. The van der Waals surface area contributed by atoms with Crippen molar-refractivity contribution in [3.8, 4) is 0 Å². The quantitative estimate of drug-likeness (QED) is 0.592. The largest absolute Gasteiger partial charge is 0.397 e. The second-order valence-corrected chi connectivity index (χ2v) is 3.90. The van der Waals surface area contributed by atoms with Gasteiger partial charge in [-0.25, -0.2) is 0 Å². The fraction of sp³-hybridized carbons (Fsp3) is 0.300. The first-order valence-corrected chi connectivity index (χ1v) is 5.01. The molecule has 7 heteroatoms. The number of imide groups is 1. The number of piperazine rings is 1. The third kappa shape index (κ3) is 2.12. The summed E-state index contributed by atoms with van der Waals surface area (Å²) in [6.45, 7) is -0.231. The van der Waals surface area contributed by atoms with E-state index in [1.165, 1.54) is 11.0 Å². The second-order valence-electron chi connectivity index (χ2n) is 3.90. The molecule has 1 aromatic heterocycles. The Labute approximate surface area is 97.2 Å². The lowest BCUT2D eigenvalue weighted by molar-refractivity contribution is -0.135. The molecule has 2 rings (SSSR count). The molecule has 1 aliphatic heterocycles. The van der Waals surface area contributed by atoms with Crippen LogP contribution in [-0.2, 0) is 16.6 Å². The van der Waals surface area contributed by atoms with Crippen molar-refractivity contribution >= 4 is 23.4 Å². The highest BCUT2D eigenvalue weighted by atomic mass is 16.2. The number of anilines is 1. The summed E-state index contributed by atoms with van der Waals surface area (Å²) >= 11 is 0. The molecule has 0 saturated carbocycles. The summed E-state index contributed by atoms with van der Waals surface area (Å²) in [6.07, 6.45) is 1.60. The van der Waals surface area contributed by atoms with Crippen LogP contribution in [-0.4, -0.2) is 40.3 Å². The molecule has 3 amide bonds. The summed E-state index contributed by atoms with van der Waals surface area (Å²) in [7, 11) is 1.68. The van der Waals surface area contributed by atoms with Gasteiger partial charge in [0.05, 0.1) is 5.69 Å². The van der Waals surface area contributed by atoms with E-state index in [4.69, 9.17) is 5.73 Å². The Kier molecular flexibility index (Phi) is 2.58. The van der Waals surface area contributed by atoms with Crippen LogP contribution in [0.3, 0.4) is 0 Å². The van der Waals surface area contributed by atoms with Gasteiger partial charge in [0.2, 0.25) is 11.8 Å². The number of hydrogen-bond donors (Lipinski definition) is 2. The first-order valence-electron chi connectivity index (χ1n) is 5.01. The molecule has 2 heterocycles. The second kappa shape index (κ2) is 3.93. The number of aromatic nitrogens is 1. The maximum absolute atomic E-state index is 12.0. The lowest BCUT2D eigenvalue weighted by Gasteiger charge is -2.25. The molecule has 0 unspecified atom stereocenters. The molecule has 1 aromatic rings. The van der Waals surface area contributed by atoms with Gasteiger partial charge in [-0.2, -0.15) is 0 Å². The van der Waals surface area contributed by atoms with Gasteiger partial charge >= 0.3 is 0 Å². The van der Waals surface area contributed by atoms with Gasteiger partial charge < -0.3 is 15.2 Å². The smallest absolute Gasteiger partial charge is 0.271 e. The van der Waals surface area contributed by atoms with Crippen molar-refractivity contribution in [2.24, 2.45) is 7.05 Å². The average Bonchev–Trinajstić information content (AvgIpc) is 2.55. The van der Waals surface area contributed by atoms with Crippen LogP contribution in [0, 0.1) is 0 Å². The number of carbonyl (C=O) groups is 3. The summed E-state index contributed by atoms with van der Waals surface area (Å²) in [5.74, 6) is -1.33. The minimum absolute atomic E-state index is 0.115. The fourth-order valence-corrected chi connectivity index (χ4v) is 1.75. The topological polar surface area (TPSA) is 97.4 Å². The highest BCUT2D eigenvalue weighted by molar-refractivity contribution is 6.05. The maximum Gasteiger partial charge on any atom is 0.271 e. The van der Waals surface area contributed by atoms with E-state index in [2.05, 4.69) is 5.32 Å². The van der Waals surface area contributed by atoms with Crippen LogP contribution in [0.25, 0.3) is 0 Å². The summed E-state index contributed by atoms with van der Waals surface area (Å²) in [6, 6.07) is 1.51. The molecule has 0 spiro atoms. The zero-order valence-corrected chi connectivity index (χ0v) is 9.27. The van der Waals surface area contributed by atoms with Crippen molar-refractivity contribution < 1.29 is 14.4 Å². The Balaban J connectivity index is 2.23. The minimum atomic E-state index is -0.475. The van der Waals surface area contributed by atoms with Crippen LogP contribution in [0.15, 0.2) is 12.3 Å². The number of hydrogen-bond acceptors (Lipinski definition) is 4. The van der Waals surface area contributed by atoms with E-state index in [-0.39, 0.29) is 19.0 Å². The lowest BCUT2D eigenvalue weighted by atomic mass is 10.3.